The number of amides is 2. The van der Waals surface area contributed by atoms with Gasteiger partial charge in [0.25, 0.3) is 0 Å². The minimum atomic E-state index is -0.605. The molecule has 4 aromatic carbocycles. The third kappa shape index (κ3) is 14.7. The molecule has 4 aromatic rings. The molecule has 4 rings (SSSR count). The van der Waals surface area contributed by atoms with Crippen LogP contribution in [-0.2, 0) is 18.9 Å². The van der Waals surface area contributed by atoms with Gasteiger partial charge in [-0.1, -0.05) is 101 Å². The van der Waals surface area contributed by atoms with Crippen molar-refractivity contribution in [2.45, 2.75) is 75.0 Å². The maximum atomic E-state index is 12.9. The molecular weight excluding hydrogens is 693 g/mol. The number of nitrogens with one attached hydrogen (secondary N) is 2. The predicted octanol–water partition coefficient (Wildman–Crippen LogP) is 10.9. The maximum Gasteiger partial charge on any atom is 0.411 e. The molecule has 0 aliphatic heterocycles. The van der Waals surface area contributed by atoms with E-state index in [1.807, 2.05) is 36.4 Å². The van der Waals surface area contributed by atoms with Gasteiger partial charge in [-0.2, -0.15) is 0 Å². The first-order valence-electron chi connectivity index (χ1n) is 18.4. The molecule has 0 aliphatic carbocycles. The van der Waals surface area contributed by atoms with Crippen LogP contribution in [0.5, 0.6) is 11.5 Å². The summed E-state index contributed by atoms with van der Waals surface area (Å²) in [4.78, 5) is 27.4. The van der Waals surface area contributed by atoms with Crippen LogP contribution in [0.25, 0.3) is 22.3 Å². The summed E-state index contributed by atoms with van der Waals surface area (Å²) in [6.07, 6.45) is 7.67. The Balaban J connectivity index is 1.47. The van der Waals surface area contributed by atoms with Gasteiger partial charge in [0, 0.05) is 34.1 Å². The molecule has 0 aromatic heterocycles. The molecule has 0 bridgehead atoms. The molecule has 4 N–H and O–H groups in total. The SMILES string of the molecule is CCCCCCOCCOC(=O)Nc1cc(Sc2ccc(-c3ccc(O)cc3)c(NC(=O)OCCOCCCCCC)c2)ccc1-c1ccc(O)cc1. The molecule has 0 aliphatic rings. The highest BCUT2D eigenvalue weighted by atomic mass is 32.2. The number of rotatable bonds is 22. The van der Waals surface area contributed by atoms with Gasteiger partial charge in [-0.3, -0.25) is 10.6 Å². The van der Waals surface area contributed by atoms with Gasteiger partial charge in [-0.15, -0.1) is 0 Å². The Morgan fingerprint density at radius 2 is 0.943 bits per heavy atom. The van der Waals surface area contributed by atoms with E-state index in [1.54, 1.807) is 48.5 Å². The first kappa shape index (κ1) is 41.1. The lowest BCUT2D eigenvalue weighted by Gasteiger charge is -2.16. The molecule has 11 heteroatoms. The Morgan fingerprint density at radius 1 is 0.528 bits per heavy atom. The van der Waals surface area contributed by atoms with Crippen LogP contribution in [0.2, 0.25) is 0 Å². The topological polar surface area (TPSA) is 136 Å². The molecule has 284 valence electrons. The number of hydrogen-bond acceptors (Lipinski definition) is 9. The first-order valence-corrected chi connectivity index (χ1v) is 19.3. The lowest BCUT2D eigenvalue weighted by Crippen LogP contribution is -2.17. The van der Waals surface area contributed by atoms with E-state index in [4.69, 9.17) is 18.9 Å². The van der Waals surface area contributed by atoms with Crippen molar-refractivity contribution in [2.75, 3.05) is 50.3 Å². The predicted molar refractivity (Wildman–Crippen MR) is 211 cm³/mol. The molecule has 0 radical (unpaired) electrons. The minimum Gasteiger partial charge on any atom is -0.508 e. The standard InChI is InChI=1S/C42H52N2O8S/c1-3-5-7-9-23-49-25-27-51-41(47)43-39-29-35(19-21-37(39)31-11-15-33(45)16-12-31)53-36-20-22-38(32-13-17-34(46)18-14-32)40(30-36)44-42(48)52-28-26-50-24-10-8-6-4-2/h11-22,29-30,45-46H,3-10,23-28H2,1-2H3,(H,43,47)(H,44,48). The molecule has 10 nitrogen and oxygen atoms in total. The molecule has 0 fully saturated rings. The zero-order chi connectivity index (χ0) is 37.7. The Hall–Kier alpha value is -4.71. The molecular formula is C42H52N2O8S. The summed E-state index contributed by atoms with van der Waals surface area (Å²) in [7, 11) is 0. The van der Waals surface area contributed by atoms with E-state index in [9.17, 15) is 19.8 Å². The zero-order valence-corrected chi connectivity index (χ0v) is 31.6. The third-order valence-corrected chi connectivity index (χ3v) is 9.23. The van der Waals surface area contributed by atoms with E-state index in [1.165, 1.54) is 24.6 Å². The summed E-state index contributed by atoms with van der Waals surface area (Å²) < 4.78 is 22.1. The lowest BCUT2D eigenvalue weighted by molar-refractivity contribution is 0.0761. The van der Waals surface area contributed by atoms with Crippen molar-refractivity contribution in [3.8, 4) is 33.8 Å². The number of phenolic OH excluding ortho intramolecular Hbond substituents is 2. The number of ether oxygens (including phenoxy) is 4. The van der Waals surface area contributed by atoms with Crippen molar-refractivity contribution in [3.63, 3.8) is 0 Å². The van der Waals surface area contributed by atoms with Gasteiger partial charge in [0.05, 0.1) is 24.6 Å². The Labute approximate surface area is 317 Å². The second kappa shape index (κ2) is 23.1. The number of unbranched alkanes of at least 4 members (excludes halogenated alkanes) is 6. The maximum absolute atomic E-state index is 12.9. The molecule has 0 saturated heterocycles. The van der Waals surface area contributed by atoms with E-state index >= 15 is 0 Å². The fourth-order valence-electron chi connectivity index (χ4n) is 5.45. The van der Waals surface area contributed by atoms with E-state index in [0.717, 1.165) is 70.6 Å². The summed E-state index contributed by atoms with van der Waals surface area (Å²) in [6.45, 7) is 6.48. The van der Waals surface area contributed by atoms with E-state index in [2.05, 4.69) is 24.5 Å². The van der Waals surface area contributed by atoms with Crippen molar-refractivity contribution in [1.82, 2.24) is 0 Å². The van der Waals surface area contributed by atoms with Crippen molar-refractivity contribution in [1.29, 1.82) is 0 Å². The van der Waals surface area contributed by atoms with Gasteiger partial charge >= 0.3 is 12.2 Å². The molecule has 53 heavy (non-hydrogen) atoms. The summed E-state index contributed by atoms with van der Waals surface area (Å²) in [5.74, 6) is 0.277. The highest BCUT2D eigenvalue weighted by Gasteiger charge is 2.15. The highest BCUT2D eigenvalue weighted by Crippen LogP contribution is 2.39. The number of benzene rings is 4. The second-order valence-corrected chi connectivity index (χ2v) is 13.6. The normalized spacial score (nSPS) is 10.9. The van der Waals surface area contributed by atoms with E-state index in [0.29, 0.717) is 37.8 Å². The highest BCUT2D eigenvalue weighted by molar-refractivity contribution is 7.99. The summed E-state index contributed by atoms with van der Waals surface area (Å²) in [6, 6.07) is 24.9. The summed E-state index contributed by atoms with van der Waals surface area (Å²) in [5.41, 5.74) is 4.15. The van der Waals surface area contributed by atoms with Gasteiger partial charge in [0.15, 0.2) is 0 Å². The Bertz CT molecular complexity index is 1570. The number of anilines is 2. The van der Waals surface area contributed by atoms with Gasteiger partial charge in [-0.05, 0) is 72.5 Å². The van der Waals surface area contributed by atoms with Gasteiger partial charge in [0.1, 0.15) is 24.7 Å². The summed E-state index contributed by atoms with van der Waals surface area (Å²) >= 11 is 1.44. The van der Waals surface area contributed by atoms with Gasteiger partial charge in [0.2, 0.25) is 0 Å². The number of aromatic hydroxyl groups is 2. The van der Waals surface area contributed by atoms with Crippen LogP contribution >= 0.6 is 11.8 Å². The fourth-order valence-corrected chi connectivity index (χ4v) is 6.34. The number of carbonyl (C=O) groups excluding carboxylic acids is 2. The molecule has 0 atom stereocenters. The molecule has 0 spiro atoms. The summed E-state index contributed by atoms with van der Waals surface area (Å²) in [5, 5.41) is 25.5. The average Bonchev–Trinajstić information content (AvgIpc) is 3.15. The molecule has 2 amide bonds. The van der Waals surface area contributed by atoms with Crippen LogP contribution in [0.15, 0.2) is 94.7 Å². The number of hydrogen-bond donors (Lipinski definition) is 4. The van der Waals surface area contributed by atoms with Crippen LogP contribution < -0.4 is 10.6 Å². The largest absolute Gasteiger partial charge is 0.508 e. The monoisotopic (exact) mass is 744 g/mol. The fraction of sp³-hybridized carbons (Fsp3) is 0.381. The molecule has 0 unspecified atom stereocenters. The van der Waals surface area contributed by atoms with Crippen LogP contribution in [0.3, 0.4) is 0 Å². The number of carbonyl (C=O) groups is 2. The lowest BCUT2D eigenvalue weighted by atomic mass is 10.0. The first-order chi connectivity index (χ1) is 25.9. The van der Waals surface area contributed by atoms with E-state index in [-0.39, 0.29) is 24.7 Å². The van der Waals surface area contributed by atoms with Crippen molar-refractivity contribution < 1.29 is 38.7 Å². The van der Waals surface area contributed by atoms with Crippen molar-refractivity contribution >= 4 is 35.3 Å². The Morgan fingerprint density at radius 3 is 1.34 bits per heavy atom. The van der Waals surface area contributed by atoms with Crippen LogP contribution in [-0.4, -0.2) is 62.0 Å². The van der Waals surface area contributed by atoms with Crippen LogP contribution in [0, 0.1) is 0 Å². The quantitative estimate of drug-likeness (QED) is 0.0580. The smallest absolute Gasteiger partial charge is 0.411 e. The zero-order valence-electron chi connectivity index (χ0n) is 30.7. The molecule has 0 heterocycles. The van der Waals surface area contributed by atoms with Crippen LogP contribution in [0.4, 0.5) is 21.0 Å². The van der Waals surface area contributed by atoms with E-state index < -0.39 is 12.2 Å². The van der Waals surface area contributed by atoms with Crippen molar-refractivity contribution in [2.24, 2.45) is 0 Å². The third-order valence-electron chi connectivity index (χ3n) is 8.25. The minimum absolute atomic E-state index is 0.125. The van der Waals surface area contributed by atoms with Gasteiger partial charge < -0.3 is 29.2 Å². The van der Waals surface area contributed by atoms with Crippen molar-refractivity contribution in [3.05, 3.63) is 84.9 Å². The molecule has 0 saturated carbocycles. The average molecular weight is 745 g/mol. The second-order valence-electron chi connectivity index (χ2n) is 12.5. The van der Waals surface area contributed by atoms with Crippen LogP contribution in [0.1, 0.15) is 65.2 Å². The Kier molecular flexibility index (Phi) is 17.9. The number of phenols is 2. The van der Waals surface area contributed by atoms with Gasteiger partial charge in [-0.25, -0.2) is 9.59 Å².